The number of benzene rings is 1. The zero-order valence-electron chi connectivity index (χ0n) is 16.4. The molecule has 1 aromatic carbocycles. The molecule has 2 fully saturated rings. The van der Waals surface area contributed by atoms with Crippen molar-refractivity contribution in [1.29, 1.82) is 0 Å². The van der Waals surface area contributed by atoms with Crippen LogP contribution in [-0.4, -0.2) is 20.0 Å². The van der Waals surface area contributed by atoms with E-state index in [1.165, 1.54) is 24.0 Å². The molecule has 4 atom stereocenters. The van der Waals surface area contributed by atoms with E-state index in [1.54, 1.807) is 14.2 Å². The largest absolute Gasteiger partial charge is 0.493 e. The van der Waals surface area contributed by atoms with Gasteiger partial charge in [-0.3, -0.25) is 4.79 Å². The summed E-state index contributed by atoms with van der Waals surface area (Å²) in [5.41, 5.74) is 2.70. The minimum absolute atomic E-state index is 0.00192. The van der Waals surface area contributed by atoms with Crippen molar-refractivity contribution in [3.8, 4) is 11.5 Å². The van der Waals surface area contributed by atoms with E-state index in [1.807, 2.05) is 6.08 Å². The Hall–Kier alpha value is -1.77. The smallest absolute Gasteiger partial charge is 0.161 e. The first-order valence-electron chi connectivity index (χ1n) is 9.77. The van der Waals surface area contributed by atoms with E-state index in [9.17, 15) is 4.79 Å². The molecule has 0 aliphatic heterocycles. The number of allylic oxidation sites excluding steroid dienone is 2. The van der Waals surface area contributed by atoms with Gasteiger partial charge in [0.15, 0.2) is 17.3 Å². The number of carbonyl (C=O) groups excluding carboxylic acids is 1. The van der Waals surface area contributed by atoms with E-state index in [0.29, 0.717) is 5.78 Å². The highest BCUT2D eigenvalue weighted by atomic mass is 16.5. The molecule has 0 saturated heterocycles. The van der Waals surface area contributed by atoms with Crippen molar-refractivity contribution in [2.45, 2.75) is 57.3 Å². The maximum atomic E-state index is 13.1. The Morgan fingerprint density at radius 2 is 1.65 bits per heavy atom. The number of ether oxygens (including phenoxy) is 2. The lowest BCUT2D eigenvalue weighted by molar-refractivity contribution is -0.126. The normalized spacial score (nSPS) is 41.0. The quantitative estimate of drug-likeness (QED) is 0.782. The first-order valence-corrected chi connectivity index (χ1v) is 9.77. The van der Waals surface area contributed by atoms with Crippen LogP contribution in [0.1, 0.15) is 57.6 Å². The van der Waals surface area contributed by atoms with Crippen LogP contribution in [0.5, 0.6) is 11.5 Å². The van der Waals surface area contributed by atoms with Crippen LogP contribution in [0.4, 0.5) is 0 Å². The lowest BCUT2D eigenvalue weighted by Gasteiger charge is -2.60. The van der Waals surface area contributed by atoms with Gasteiger partial charge < -0.3 is 9.47 Å². The van der Waals surface area contributed by atoms with Gasteiger partial charge in [-0.05, 0) is 59.4 Å². The summed E-state index contributed by atoms with van der Waals surface area (Å²) in [6, 6.07) is 4.38. The standard InChI is InChI=1S/C23H28O3/c1-20(2)8-6-9-21(3)19-16(24)7-10-22(19)13-23(20,21)15-12-18(26-5)17(25-4)11-14(15)22/h7,10-12,19H,6,8-9,13H2,1-5H3. The lowest BCUT2D eigenvalue weighted by Crippen LogP contribution is -2.57. The molecule has 26 heavy (non-hydrogen) atoms. The van der Waals surface area contributed by atoms with Gasteiger partial charge in [-0.1, -0.05) is 33.3 Å². The van der Waals surface area contributed by atoms with Crippen LogP contribution in [0, 0.1) is 16.7 Å². The van der Waals surface area contributed by atoms with Gasteiger partial charge in [0.25, 0.3) is 0 Å². The topological polar surface area (TPSA) is 35.5 Å². The Balaban J connectivity index is 1.90. The molecule has 4 aliphatic carbocycles. The van der Waals surface area contributed by atoms with Crippen molar-refractivity contribution in [3.63, 3.8) is 0 Å². The molecular weight excluding hydrogens is 324 g/mol. The summed E-state index contributed by atoms with van der Waals surface area (Å²) in [7, 11) is 3.40. The number of ketones is 1. The van der Waals surface area contributed by atoms with Gasteiger partial charge in [0.2, 0.25) is 0 Å². The number of fused-ring (bicyclic) bond motifs is 2. The fourth-order valence-corrected chi connectivity index (χ4v) is 7.81. The average molecular weight is 352 g/mol. The number of hydrogen-bond acceptors (Lipinski definition) is 3. The van der Waals surface area contributed by atoms with Crippen molar-refractivity contribution in [2.75, 3.05) is 14.2 Å². The van der Waals surface area contributed by atoms with Crippen LogP contribution < -0.4 is 9.47 Å². The summed E-state index contributed by atoms with van der Waals surface area (Å²) in [5.74, 6) is 1.97. The van der Waals surface area contributed by atoms with Crippen molar-refractivity contribution >= 4 is 5.78 Å². The zero-order chi connectivity index (χ0) is 18.5. The van der Waals surface area contributed by atoms with E-state index in [4.69, 9.17) is 9.47 Å². The summed E-state index contributed by atoms with van der Waals surface area (Å²) in [6.07, 6.45) is 8.66. The third-order valence-corrected chi connectivity index (χ3v) is 8.65. The second kappa shape index (κ2) is 4.55. The van der Waals surface area contributed by atoms with Gasteiger partial charge in [-0.2, -0.15) is 0 Å². The molecule has 2 bridgehead atoms. The summed E-state index contributed by atoms with van der Waals surface area (Å²) in [4.78, 5) is 13.1. The van der Waals surface area contributed by atoms with Crippen LogP contribution in [0.2, 0.25) is 0 Å². The van der Waals surface area contributed by atoms with Crippen LogP contribution in [0.25, 0.3) is 0 Å². The molecule has 138 valence electrons. The van der Waals surface area contributed by atoms with E-state index in [-0.39, 0.29) is 27.6 Å². The number of methoxy groups -OCH3 is 2. The lowest BCUT2D eigenvalue weighted by atomic mass is 9.43. The van der Waals surface area contributed by atoms with E-state index in [2.05, 4.69) is 39.0 Å². The summed E-state index contributed by atoms with van der Waals surface area (Å²) in [6.45, 7) is 7.23. The first-order chi connectivity index (χ1) is 12.3. The van der Waals surface area contributed by atoms with Gasteiger partial charge >= 0.3 is 0 Å². The Morgan fingerprint density at radius 1 is 1.00 bits per heavy atom. The minimum atomic E-state index is -0.164. The second-order valence-corrected chi connectivity index (χ2v) is 9.70. The average Bonchev–Trinajstić information content (AvgIpc) is 3.18. The molecule has 1 aromatic rings. The SMILES string of the molecule is COc1cc2c(cc1OC)C13CC24C=CC(=O)C4C1(C)CCCC3(C)C. The molecule has 3 nitrogen and oxygen atoms in total. The third kappa shape index (κ3) is 1.41. The van der Waals surface area contributed by atoms with Crippen molar-refractivity contribution in [2.24, 2.45) is 16.7 Å². The molecule has 5 rings (SSSR count). The van der Waals surface area contributed by atoms with Gasteiger partial charge in [0.05, 0.1) is 14.2 Å². The molecule has 2 saturated carbocycles. The van der Waals surface area contributed by atoms with E-state index >= 15 is 0 Å². The number of carbonyl (C=O) groups is 1. The Kier molecular flexibility index (Phi) is 2.87. The molecule has 0 N–H and O–H groups in total. The predicted octanol–water partition coefficient (Wildman–Crippen LogP) is 4.57. The Bertz CT molecular complexity index is 866. The second-order valence-electron chi connectivity index (χ2n) is 9.70. The van der Waals surface area contributed by atoms with Crippen LogP contribution >= 0.6 is 0 Å². The maximum Gasteiger partial charge on any atom is 0.161 e. The van der Waals surface area contributed by atoms with Crippen LogP contribution in [-0.2, 0) is 15.6 Å². The van der Waals surface area contributed by atoms with Crippen molar-refractivity contribution in [3.05, 3.63) is 35.4 Å². The highest BCUT2D eigenvalue weighted by Gasteiger charge is 2.79. The monoisotopic (exact) mass is 352 g/mol. The number of hydrogen-bond donors (Lipinski definition) is 0. The predicted molar refractivity (Wildman–Crippen MR) is 101 cm³/mol. The van der Waals surface area contributed by atoms with E-state index < -0.39 is 0 Å². The van der Waals surface area contributed by atoms with Gasteiger partial charge in [0.1, 0.15) is 0 Å². The highest BCUT2D eigenvalue weighted by molar-refractivity contribution is 5.99. The summed E-state index contributed by atoms with van der Waals surface area (Å²) >= 11 is 0. The zero-order valence-corrected chi connectivity index (χ0v) is 16.4. The molecule has 2 spiro atoms. The Morgan fingerprint density at radius 3 is 2.31 bits per heavy atom. The summed E-state index contributed by atoms with van der Waals surface area (Å²) < 4.78 is 11.3. The molecule has 4 aliphatic rings. The number of rotatable bonds is 2. The van der Waals surface area contributed by atoms with Crippen molar-refractivity contribution < 1.29 is 14.3 Å². The van der Waals surface area contributed by atoms with E-state index in [0.717, 1.165) is 24.3 Å². The fourth-order valence-electron chi connectivity index (χ4n) is 7.81. The molecular formula is C23H28O3. The van der Waals surface area contributed by atoms with Crippen LogP contribution in [0.15, 0.2) is 24.3 Å². The summed E-state index contributed by atoms with van der Waals surface area (Å²) in [5, 5.41) is 0. The minimum Gasteiger partial charge on any atom is -0.493 e. The highest BCUT2D eigenvalue weighted by Crippen LogP contribution is 2.81. The molecule has 0 heterocycles. The fraction of sp³-hybridized carbons (Fsp3) is 0.609. The van der Waals surface area contributed by atoms with Crippen LogP contribution in [0.3, 0.4) is 0 Å². The molecule has 0 radical (unpaired) electrons. The molecule has 0 amide bonds. The van der Waals surface area contributed by atoms with Gasteiger partial charge in [-0.25, -0.2) is 0 Å². The molecule has 4 unspecified atom stereocenters. The third-order valence-electron chi connectivity index (χ3n) is 8.65. The van der Waals surface area contributed by atoms with Gasteiger partial charge in [0, 0.05) is 16.7 Å². The molecule has 3 heteroatoms. The van der Waals surface area contributed by atoms with Gasteiger partial charge in [-0.15, -0.1) is 0 Å². The maximum absolute atomic E-state index is 13.1. The van der Waals surface area contributed by atoms with Crippen molar-refractivity contribution in [1.82, 2.24) is 0 Å². The molecule has 0 aromatic heterocycles. The first kappa shape index (κ1) is 16.4. The Labute approximate surface area is 155 Å².